The third-order valence-electron chi connectivity index (χ3n) is 1.84. The summed E-state index contributed by atoms with van der Waals surface area (Å²) in [5, 5.41) is 16.1. The number of aromatic nitrogens is 3. The molecule has 16 heavy (non-hydrogen) atoms. The predicted octanol–water partition coefficient (Wildman–Crippen LogP) is 1.76. The maximum Gasteiger partial charge on any atom is 0.358 e. The van der Waals surface area contributed by atoms with Crippen molar-refractivity contribution in [1.82, 2.24) is 15.0 Å². The van der Waals surface area contributed by atoms with Crippen molar-refractivity contribution in [2.45, 2.75) is 0 Å². The number of nitrogens with zero attached hydrogens (tertiary/aromatic N) is 3. The SMILES string of the molecule is O=C(O)c1cnn(-c2ccc(Cl)cc2F)n1. The number of aromatic carboxylic acids is 1. The van der Waals surface area contributed by atoms with Gasteiger partial charge in [-0.25, -0.2) is 9.18 Å². The van der Waals surface area contributed by atoms with Crippen LogP contribution >= 0.6 is 11.6 Å². The lowest BCUT2D eigenvalue weighted by molar-refractivity contribution is 0.0690. The van der Waals surface area contributed by atoms with Crippen molar-refractivity contribution >= 4 is 17.6 Å². The molecule has 0 bridgehead atoms. The molecular formula is C9H5ClFN3O2. The molecule has 2 aromatic rings. The molecule has 0 unspecified atom stereocenters. The first-order valence-corrected chi connectivity index (χ1v) is 4.57. The molecular weight excluding hydrogens is 237 g/mol. The molecule has 0 spiro atoms. The number of carboxylic acid groups (broad SMARTS) is 1. The Morgan fingerprint density at radius 3 is 2.81 bits per heavy atom. The van der Waals surface area contributed by atoms with Gasteiger partial charge < -0.3 is 5.11 Å². The van der Waals surface area contributed by atoms with Crippen LogP contribution in [0.25, 0.3) is 5.69 Å². The van der Waals surface area contributed by atoms with E-state index in [1.807, 2.05) is 0 Å². The maximum atomic E-state index is 13.4. The van der Waals surface area contributed by atoms with E-state index in [0.29, 0.717) is 0 Å². The van der Waals surface area contributed by atoms with E-state index in [1.165, 1.54) is 12.1 Å². The Labute approximate surface area is 94.1 Å². The summed E-state index contributed by atoms with van der Waals surface area (Å²) in [6.07, 6.45) is 1.04. The monoisotopic (exact) mass is 241 g/mol. The second-order valence-corrected chi connectivity index (χ2v) is 3.36. The van der Waals surface area contributed by atoms with Crippen LogP contribution in [0.3, 0.4) is 0 Å². The second-order valence-electron chi connectivity index (χ2n) is 2.92. The van der Waals surface area contributed by atoms with E-state index in [4.69, 9.17) is 16.7 Å². The summed E-state index contributed by atoms with van der Waals surface area (Å²) in [4.78, 5) is 11.5. The van der Waals surface area contributed by atoms with Crippen molar-refractivity contribution in [3.63, 3.8) is 0 Å². The molecule has 0 aliphatic carbocycles. The van der Waals surface area contributed by atoms with Gasteiger partial charge in [0.25, 0.3) is 0 Å². The highest BCUT2D eigenvalue weighted by molar-refractivity contribution is 6.30. The Bertz CT molecular complexity index is 555. The summed E-state index contributed by atoms with van der Waals surface area (Å²) in [7, 11) is 0. The van der Waals surface area contributed by atoms with Gasteiger partial charge in [0.1, 0.15) is 5.69 Å². The lowest BCUT2D eigenvalue weighted by atomic mass is 10.3. The molecule has 0 aliphatic rings. The molecule has 0 fully saturated rings. The minimum atomic E-state index is -1.22. The van der Waals surface area contributed by atoms with Gasteiger partial charge in [0.05, 0.1) is 6.20 Å². The van der Waals surface area contributed by atoms with Crippen LogP contribution in [0.2, 0.25) is 5.02 Å². The topological polar surface area (TPSA) is 68.0 Å². The van der Waals surface area contributed by atoms with Gasteiger partial charge in [0, 0.05) is 5.02 Å². The minimum Gasteiger partial charge on any atom is -0.476 e. The average molecular weight is 242 g/mol. The van der Waals surface area contributed by atoms with E-state index >= 15 is 0 Å². The Morgan fingerprint density at radius 2 is 2.25 bits per heavy atom. The van der Waals surface area contributed by atoms with Crippen molar-refractivity contribution < 1.29 is 14.3 Å². The van der Waals surface area contributed by atoms with Crippen molar-refractivity contribution in [3.05, 3.63) is 40.9 Å². The number of hydrogen-bond acceptors (Lipinski definition) is 3. The summed E-state index contributed by atoms with van der Waals surface area (Å²) in [5.41, 5.74) is -0.216. The Kier molecular flexibility index (Phi) is 2.57. The van der Waals surface area contributed by atoms with Crippen molar-refractivity contribution in [2.75, 3.05) is 0 Å². The fraction of sp³-hybridized carbons (Fsp3) is 0. The normalized spacial score (nSPS) is 10.4. The van der Waals surface area contributed by atoms with Gasteiger partial charge in [0.15, 0.2) is 11.5 Å². The second kappa shape index (κ2) is 3.90. The lowest BCUT2D eigenvalue weighted by Crippen LogP contribution is -2.04. The summed E-state index contributed by atoms with van der Waals surface area (Å²) in [5.74, 6) is -1.85. The van der Waals surface area contributed by atoms with E-state index in [0.717, 1.165) is 17.1 Å². The quantitative estimate of drug-likeness (QED) is 0.870. The van der Waals surface area contributed by atoms with Gasteiger partial charge in [-0.15, -0.1) is 9.90 Å². The van der Waals surface area contributed by atoms with Crippen LogP contribution in [-0.4, -0.2) is 26.1 Å². The van der Waals surface area contributed by atoms with Gasteiger partial charge >= 0.3 is 5.97 Å². The fourth-order valence-corrected chi connectivity index (χ4v) is 1.28. The van der Waals surface area contributed by atoms with Gasteiger partial charge in [-0.05, 0) is 18.2 Å². The third-order valence-corrected chi connectivity index (χ3v) is 2.07. The largest absolute Gasteiger partial charge is 0.476 e. The Balaban J connectivity index is 2.46. The van der Waals surface area contributed by atoms with E-state index in [2.05, 4.69) is 10.2 Å². The molecule has 1 heterocycles. The first kappa shape index (κ1) is 10.6. The van der Waals surface area contributed by atoms with E-state index < -0.39 is 11.8 Å². The highest BCUT2D eigenvalue weighted by Gasteiger charge is 2.12. The molecule has 0 saturated heterocycles. The van der Waals surface area contributed by atoms with Gasteiger partial charge in [-0.1, -0.05) is 11.6 Å². The van der Waals surface area contributed by atoms with E-state index in [9.17, 15) is 9.18 Å². The van der Waals surface area contributed by atoms with Crippen LogP contribution in [0.15, 0.2) is 24.4 Å². The fourth-order valence-electron chi connectivity index (χ4n) is 1.12. The summed E-state index contributed by atoms with van der Waals surface area (Å²) >= 11 is 5.58. The molecule has 0 atom stereocenters. The first-order valence-electron chi connectivity index (χ1n) is 4.19. The number of carbonyl (C=O) groups is 1. The van der Waals surface area contributed by atoms with Crippen LogP contribution in [0, 0.1) is 5.82 Å². The molecule has 1 N–H and O–H groups in total. The van der Waals surface area contributed by atoms with Crippen molar-refractivity contribution in [1.29, 1.82) is 0 Å². The van der Waals surface area contributed by atoms with Gasteiger partial charge in [-0.2, -0.15) is 5.10 Å². The first-order chi connectivity index (χ1) is 7.58. The van der Waals surface area contributed by atoms with Crippen molar-refractivity contribution in [2.24, 2.45) is 0 Å². The minimum absolute atomic E-state index is 0.0388. The molecule has 7 heteroatoms. The molecule has 1 aromatic heterocycles. The highest BCUT2D eigenvalue weighted by Crippen LogP contribution is 2.16. The standard InChI is InChI=1S/C9H5ClFN3O2/c10-5-1-2-8(6(11)3-5)14-12-4-7(13-14)9(15)16/h1-4H,(H,15,16). The van der Waals surface area contributed by atoms with Crippen LogP contribution < -0.4 is 0 Å². The average Bonchev–Trinajstić information content (AvgIpc) is 2.66. The number of rotatable bonds is 2. The molecule has 0 aliphatic heterocycles. The van der Waals surface area contributed by atoms with Crippen molar-refractivity contribution in [3.8, 4) is 5.69 Å². The zero-order valence-electron chi connectivity index (χ0n) is 7.76. The molecule has 2 rings (SSSR count). The molecule has 1 aromatic carbocycles. The van der Waals surface area contributed by atoms with Crippen LogP contribution in [0.1, 0.15) is 10.5 Å². The van der Waals surface area contributed by atoms with E-state index in [-0.39, 0.29) is 16.4 Å². The molecule has 0 amide bonds. The van der Waals surface area contributed by atoms with Crippen LogP contribution in [0.5, 0.6) is 0 Å². The van der Waals surface area contributed by atoms with E-state index in [1.54, 1.807) is 0 Å². The number of benzene rings is 1. The molecule has 0 radical (unpaired) electrons. The molecule has 5 nitrogen and oxygen atoms in total. The smallest absolute Gasteiger partial charge is 0.358 e. The van der Waals surface area contributed by atoms with Gasteiger partial charge in [-0.3, -0.25) is 0 Å². The number of halogens is 2. The molecule has 0 saturated carbocycles. The maximum absolute atomic E-state index is 13.4. The summed E-state index contributed by atoms with van der Waals surface area (Å²) in [6.45, 7) is 0. The Morgan fingerprint density at radius 1 is 1.50 bits per heavy atom. The zero-order chi connectivity index (χ0) is 11.7. The predicted molar refractivity (Wildman–Crippen MR) is 53.3 cm³/mol. The Hall–Kier alpha value is -1.95. The van der Waals surface area contributed by atoms with Gasteiger partial charge in [0.2, 0.25) is 0 Å². The number of carboxylic acids is 1. The summed E-state index contributed by atoms with van der Waals surface area (Å²) in [6, 6.07) is 3.92. The molecule has 82 valence electrons. The number of hydrogen-bond donors (Lipinski definition) is 1. The van der Waals surface area contributed by atoms with Crippen LogP contribution in [-0.2, 0) is 0 Å². The zero-order valence-corrected chi connectivity index (χ0v) is 8.52. The summed E-state index contributed by atoms with van der Waals surface area (Å²) < 4.78 is 13.4. The lowest BCUT2D eigenvalue weighted by Gasteiger charge is -2.00. The highest BCUT2D eigenvalue weighted by atomic mass is 35.5. The van der Waals surface area contributed by atoms with Crippen LogP contribution in [0.4, 0.5) is 4.39 Å². The third kappa shape index (κ3) is 1.87.